The Morgan fingerprint density at radius 1 is 1.19 bits per heavy atom. The standard InChI is InChI=1S/C27H32N8O2/c1-4-35-16-23-26(34-35)33-24(15-28-23)30-18(3)19-6-5-7-22(13-19)32-27(36)20-12-17(2)25(29-14-20)31-21-8-10-37-11-9-21/h5-7,12-16,18,21H,4,8-11H2,1-3H3,(H,29,31)(H,32,36)(H,30,33,34)/t18-/m0/s1. The highest BCUT2D eigenvalue weighted by atomic mass is 16.5. The molecule has 0 aliphatic carbocycles. The molecule has 192 valence electrons. The molecule has 0 saturated carbocycles. The molecule has 10 heteroatoms. The van der Waals surface area contributed by atoms with E-state index in [2.05, 4.69) is 36.0 Å². The number of nitrogens with zero attached hydrogens (tertiary/aromatic N) is 5. The quantitative estimate of drug-likeness (QED) is 0.322. The number of nitrogens with one attached hydrogen (secondary N) is 3. The van der Waals surface area contributed by atoms with E-state index in [1.165, 1.54) is 0 Å². The number of pyridine rings is 1. The van der Waals surface area contributed by atoms with Crippen LogP contribution in [0, 0.1) is 6.92 Å². The van der Waals surface area contributed by atoms with Crippen molar-refractivity contribution in [2.45, 2.75) is 52.2 Å². The van der Waals surface area contributed by atoms with E-state index < -0.39 is 0 Å². The van der Waals surface area contributed by atoms with Gasteiger partial charge in [-0.1, -0.05) is 12.1 Å². The third-order valence-electron chi connectivity index (χ3n) is 6.51. The van der Waals surface area contributed by atoms with E-state index in [9.17, 15) is 4.79 Å². The van der Waals surface area contributed by atoms with Gasteiger partial charge in [-0.05, 0) is 62.9 Å². The van der Waals surface area contributed by atoms with Crippen LogP contribution in [0.4, 0.5) is 17.3 Å². The number of amides is 1. The number of hydrogen-bond donors (Lipinski definition) is 3. The molecule has 1 saturated heterocycles. The average Bonchev–Trinajstić information content (AvgIpc) is 3.33. The number of carbonyl (C=O) groups excluding carboxylic acids is 1. The molecule has 1 amide bonds. The lowest BCUT2D eigenvalue weighted by Gasteiger charge is -2.24. The molecular weight excluding hydrogens is 468 g/mol. The minimum Gasteiger partial charge on any atom is -0.381 e. The van der Waals surface area contributed by atoms with E-state index in [0.717, 1.165) is 55.1 Å². The fourth-order valence-electron chi connectivity index (χ4n) is 4.36. The highest BCUT2D eigenvalue weighted by Crippen LogP contribution is 2.23. The zero-order chi connectivity index (χ0) is 25.8. The molecule has 1 aliphatic heterocycles. The van der Waals surface area contributed by atoms with Gasteiger partial charge >= 0.3 is 0 Å². The summed E-state index contributed by atoms with van der Waals surface area (Å²) in [4.78, 5) is 26.5. The molecular formula is C27H32N8O2. The molecule has 1 aliphatic rings. The summed E-state index contributed by atoms with van der Waals surface area (Å²) in [5, 5.41) is 14.3. The van der Waals surface area contributed by atoms with Gasteiger partial charge < -0.3 is 20.7 Å². The zero-order valence-corrected chi connectivity index (χ0v) is 21.4. The topological polar surface area (TPSA) is 119 Å². The Kier molecular flexibility index (Phi) is 7.27. The summed E-state index contributed by atoms with van der Waals surface area (Å²) >= 11 is 0. The summed E-state index contributed by atoms with van der Waals surface area (Å²) in [6.07, 6.45) is 7.12. The normalized spacial score (nSPS) is 14.9. The lowest BCUT2D eigenvalue weighted by molar-refractivity contribution is 0.0903. The van der Waals surface area contributed by atoms with E-state index in [1.807, 2.05) is 62.0 Å². The van der Waals surface area contributed by atoms with Crippen LogP contribution in [-0.2, 0) is 11.3 Å². The van der Waals surface area contributed by atoms with Crippen molar-refractivity contribution in [1.29, 1.82) is 0 Å². The fourth-order valence-corrected chi connectivity index (χ4v) is 4.36. The highest BCUT2D eigenvalue weighted by molar-refractivity contribution is 6.04. The second-order valence-corrected chi connectivity index (χ2v) is 9.31. The van der Waals surface area contributed by atoms with Crippen LogP contribution in [0.25, 0.3) is 11.2 Å². The molecule has 3 aromatic heterocycles. The summed E-state index contributed by atoms with van der Waals surface area (Å²) in [6.45, 7) is 8.32. The highest BCUT2D eigenvalue weighted by Gasteiger charge is 2.16. The van der Waals surface area contributed by atoms with Crippen molar-refractivity contribution in [3.05, 3.63) is 65.6 Å². The van der Waals surface area contributed by atoms with Gasteiger partial charge in [0.15, 0.2) is 0 Å². The predicted molar refractivity (Wildman–Crippen MR) is 144 cm³/mol. The predicted octanol–water partition coefficient (Wildman–Crippen LogP) is 4.57. The maximum absolute atomic E-state index is 13.0. The van der Waals surface area contributed by atoms with Crippen molar-refractivity contribution < 1.29 is 9.53 Å². The molecule has 0 radical (unpaired) electrons. The van der Waals surface area contributed by atoms with E-state index in [4.69, 9.17) is 4.74 Å². The van der Waals surface area contributed by atoms with Gasteiger partial charge in [0.1, 0.15) is 17.2 Å². The van der Waals surface area contributed by atoms with Crippen LogP contribution in [0.15, 0.2) is 48.9 Å². The first-order valence-corrected chi connectivity index (χ1v) is 12.7. The van der Waals surface area contributed by atoms with Crippen molar-refractivity contribution in [3.63, 3.8) is 0 Å². The SMILES string of the molecule is CCn1cc2ncc(N[C@@H](C)c3cccc(NC(=O)c4cnc(NC5CCOCC5)c(C)c4)c3)nc2n1. The number of benzene rings is 1. The largest absolute Gasteiger partial charge is 0.381 e. The number of rotatable bonds is 8. The van der Waals surface area contributed by atoms with Gasteiger partial charge in [0.25, 0.3) is 5.91 Å². The number of aromatic nitrogens is 5. The van der Waals surface area contributed by atoms with Gasteiger partial charge in [0.05, 0.1) is 24.0 Å². The Morgan fingerprint density at radius 3 is 2.81 bits per heavy atom. The first-order chi connectivity index (χ1) is 18.0. The number of fused-ring (bicyclic) bond motifs is 1. The van der Waals surface area contributed by atoms with Crippen molar-refractivity contribution >= 4 is 34.4 Å². The summed E-state index contributed by atoms with van der Waals surface area (Å²) in [5.74, 6) is 1.26. The molecule has 4 aromatic rings. The Balaban J connectivity index is 1.23. The molecule has 1 aromatic carbocycles. The first-order valence-electron chi connectivity index (χ1n) is 12.7. The number of aryl methyl sites for hydroxylation is 2. The molecule has 0 spiro atoms. The van der Waals surface area contributed by atoms with Crippen LogP contribution in [0.1, 0.15) is 54.2 Å². The maximum Gasteiger partial charge on any atom is 0.257 e. The molecule has 5 rings (SSSR count). The Bertz CT molecular complexity index is 1400. The van der Waals surface area contributed by atoms with E-state index in [-0.39, 0.29) is 11.9 Å². The molecule has 1 fully saturated rings. The number of ether oxygens (including phenoxy) is 1. The lowest BCUT2D eigenvalue weighted by atomic mass is 10.1. The van der Waals surface area contributed by atoms with Gasteiger partial charge in [-0.25, -0.2) is 15.0 Å². The third kappa shape index (κ3) is 5.86. The van der Waals surface area contributed by atoms with Crippen molar-refractivity contribution in [3.8, 4) is 0 Å². The molecule has 0 bridgehead atoms. The molecule has 1 atom stereocenters. The molecule has 0 unspecified atom stereocenters. The maximum atomic E-state index is 13.0. The van der Waals surface area contributed by atoms with Crippen LogP contribution in [0.5, 0.6) is 0 Å². The van der Waals surface area contributed by atoms with Crippen LogP contribution in [0.2, 0.25) is 0 Å². The molecule has 4 heterocycles. The minimum atomic E-state index is -0.200. The van der Waals surface area contributed by atoms with Gasteiger partial charge in [0.2, 0.25) is 5.65 Å². The molecule has 37 heavy (non-hydrogen) atoms. The Hall–Kier alpha value is -4.05. The summed E-state index contributed by atoms with van der Waals surface area (Å²) in [5.41, 5.74) is 4.54. The average molecular weight is 501 g/mol. The third-order valence-corrected chi connectivity index (χ3v) is 6.51. The fraction of sp³-hybridized carbons (Fsp3) is 0.370. The van der Waals surface area contributed by atoms with E-state index in [0.29, 0.717) is 28.8 Å². The second kappa shape index (κ2) is 10.9. The molecule has 3 N–H and O–H groups in total. The van der Waals surface area contributed by atoms with Gasteiger partial charge in [-0.2, -0.15) is 5.10 Å². The summed E-state index contributed by atoms with van der Waals surface area (Å²) in [7, 11) is 0. The smallest absolute Gasteiger partial charge is 0.257 e. The van der Waals surface area contributed by atoms with Crippen LogP contribution in [-0.4, -0.2) is 49.9 Å². The summed E-state index contributed by atoms with van der Waals surface area (Å²) in [6, 6.07) is 9.91. The Labute approximate surface area is 215 Å². The second-order valence-electron chi connectivity index (χ2n) is 9.31. The lowest BCUT2D eigenvalue weighted by Crippen LogP contribution is -2.28. The first kappa shape index (κ1) is 24.6. The van der Waals surface area contributed by atoms with Crippen molar-refractivity contribution in [2.75, 3.05) is 29.2 Å². The van der Waals surface area contributed by atoms with Crippen LogP contribution in [0.3, 0.4) is 0 Å². The van der Waals surface area contributed by atoms with Gasteiger partial charge in [-0.3, -0.25) is 9.48 Å². The van der Waals surface area contributed by atoms with Crippen LogP contribution < -0.4 is 16.0 Å². The van der Waals surface area contributed by atoms with Gasteiger partial charge in [0, 0.05) is 37.7 Å². The minimum absolute atomic E-state index is 0.0590. The van der Waals surface area contributed by atoms with Crippen LogP contribution >= 0.6 is 0 Å². The monoisotopic (exact) mass is 500 g/mol. The van der Waals surface area contributed by atoms with Crippen molar-refractivity contribution in [2.24, 2.45) is 0 Å². The van der Waals surface area contributed by atoms with E-state index in [1.54, 1.807) is 12.4 Å². The summed E-state index contributed by atoms with van der Waals surface area (Å²) < 4.78 is 7.24. The molecule has 10 nitrogen and oxygen atoms in total. The zero-order valence-electron chi connectivity index (χ0n) is 21.4. The van der Waals surface area contributed by atoms with Gasteiger partial charge in [-0.15, -0.1) is 0 Å². The number of hydrogen-bond acceptors (Lipinski definition) is 8. The van der Waals surface area contributed by atoms with E-state index >= 15 is 0 Å². The number of carbonyl (C=O) groups is 1. The van der Waals surface area contributed by atoms with Crippen molar-refractivity contribution in [1.82, 2.24) is 24.7 Å². The Morgan fingerprint density at radius 2 is 2.03 bits per heavy atom. The number of anilines is 3.